The molecule has 0 aliphatic carbocycles. The highest BCUT2D eigenvalue weighted by Gasteiger charge is 2.13. The minimum absolute atomic E-state index is 0.196. The zero-order valence-electron chi connectivity index (χ0n) is 11.9. The standard InChI is InChI=1S/C15H23BrFNO/c1-4-5-18-15(6-11(2)19-3)9-12-7-13(16)10-14(17)8-12/h7-8,10-11,15,18H,4-6,9H2,1-3H3. The highest BCUT2D eigenvalue weighted by molar-refractivity contribution is 9.10. The smallest absolute Gasteiger partial charge is 0.124 e. The van der Waals surface area contributed by atoms with E-state index < -0.39 is 0 Å². The van der Waals surface area contributed by atoms with Gasteiger partial charge in [0.05, 0.1) is 6.10 Å². The van der Waals surface area contributed by atoms with Gasteiger partial charge in [0.1, 0.15) is 5.82 Å². The highest BCUT2D eigenvalue weighted by atomic mass is 79.9. The number of nitrogens with one attached hydrogen (secondary N) is 1. The van der Waals surface area contributed by atoms with Crippen molar-refractivity contribution in [3.8, 4) is 0 Å². The van der Waals surface area contributed by atoms with Crippen LogP contribution in [0.15, 0.2) is 22.7 Å². The summed E-state index contributed by atoms with van der Waals surface area (Å²) in [4.78, 5) is 0. The van der Waals surface area contributed by atoms with Gasteiger partial charge in [-0.2, -0.15) is 0 Å². The molecule has 4 heteroatoms. The second-order valence-corrected chi connectivity index (χ2v) is 5.83. The molecule has 19 heavy (non-hydrogen) atoms. The Kier molecular flexibility index (Phi) is 7.57. The number of hydrogen-bond donors (Lipinski definition) is 1. The first-order valence-electron chi connectivity index (χ1n) is 6.76. The number of halogens is 2. The van der Waals surface area contributed by atoms with Crippen LogP contribution in [0.5, 0.6) is 0 Å². The average molecular weight is 332 g/mol. The van der Waals surface area contributed by atoms with E-state index in [-0.39, 0.29) is 11.9 Å². The first-order valence-corrected chi connectivity index (χ1v) is 7.55. The van der Waals surface area contributed by atoms with Gasteiger partial charge in [0, 0.05) is 17.6 Å². The topological polar surface area (TPSA) is 21.3 Å². The van der Waals surface area contributed by atoms with Crippen LogP contribution < -0.4 is 5.32 Å². The fourth-order valence-corrected chi connectivity index (χ4v) is 2.61. The largest absolute Gasteiger partial charge is 0.382 e. The first kappa shape index (κ1) is 16.6. The number of rotatable bonds is 8. The molecule has 1 aromatic carbocycles. The SMILES string of the molecule is CCCNC(Cc1cc(F)cc(Br)c1)CC(C)OC. The van der Waals surface area contributed by atoms with Gasteiger partial charge in [-0.15, -0.1) is 0 Å². The molecule has 0 aliphatic heterocycles. The molecule has 0 aliphatic rings. The average Bonchev–Trinajstić information content (AvgIpc) is 2.34. The summed E-state index contributed by atoms with van der Waals surface area (Å²) in [6.45, 7) is 5.17. The molecule has 2 nitrogen and oxygen atoms in total. The molecule has 0 radical (unpaired) electrons. The Morgan fingerprint density at radius 2 is 2.11 bits per heavy atom. The lowest BCUT2D eigenvalue weighted by atomic mass is 10.0. The van der Waals surface area contributed by atoms with Crippen molar-refractivity contribution in [2.24, 2.45) is 0 Å². The Balaban J connectivity index is 2.69. The van der Waals surface area contributed by atoms with Crippen LogP contribution in [-0.4, -0.2) is 25.8 Å². The van der Waals surface area contributed by atoms with Crippen molar-refractivity contribution < 1.29 is 9.13 Å². The summed E-state index contributed by atoms with van der Waals surface area (Å²) >= 11 is 3.33. The monoisotopic (exact) mass is 331 g/mol. The minimum atomic E-state index is -0.196. The third kappa shape index (κ3) is 6.50. The predicted molar refractivity (Wildman–Crippen MR) is 81.0 cm³/mol. The van der Waals surface area contributed by atoms with Crippen molar-refractivity contribution in [2.45, 2.75) is 45.3 Å². The van der Waals surface area contributed by atoms with Crippen molar-refractivity contribution in [1.82, 2.24) is 5.32 Å². The van der Waals surface area contributed by atoms with E-state index in [0.717, 1.165) is 35.8 Å². The van der Waals surface area contributed by atoms with Gasteiger partial charge in [0.2, 0.25) is 0 Å². The van der Waals surface area contributed by atoms with Gasteiger partial charge in [-0.3, -0.25) is 0 Å². The molecule has 0 spiro atoms. The zero-order chi connectivity index (χ0) is 14.3. The van der Waals surface area contributed by atoms with Gasteiger partial charge in [-0.1, -0.05) is 22.9 Å². The van der Waals surface area contributed by atoms with Gasteiger partial charge < -0.3 is 10.1 Å². The lowest BCUT2D eigenvalue weighted by Gasteiger charge is -2.22. The van der Waals surface area contributed by atoms with E-state index in [0.29, 0.717) is 6.04 Å². The van der Waals surface area contributed by atoms with Gasteiger partial charge in [0.25, 0.3) is 0 Å². The Morgan fingerprint density at radius 1 is 1.37 bits per heavy atom. The molecule has 0 bridgehead atoms. The van der Waals surface area contributed by atoms with E-state index in [9.17, 15) is 4.39 Å². The minimum Gasteiger partial charge on any atom is -0.382 e. The zero-order valence-corrected chi connectivity index (χ0v) is 13.5. The van der Waals surface area contributed by atoms with Crippen LogP contribution in [0.4, 0.5) is 4.39 Å². The molecule has 0 heterocycles. The van der Waals surface area contributed by atoms with Crippen LogP contribution in [0.2, 0.25) is 0 Å². The number of hydrogen-bond acceptors (Lipinski definition) is 2. The van der Waals surface area contributed by atoms with Crippen molar-refractivity contribution in [1.29, 1.82) is 0 Å². The lowest BCUT2D eigenvalue weighted by Crippen LogP contribution is -2.35. The number of methoxy groups -OCH3 is 1. The summed E-state index contributed by atoms with van der Waals surface area (Å²) in [6.07, 6.45) is 3.02. The maximum absolute atomic E-state index is 13.4. The van der Waals surface area contributed by atoms with Crippen LogP contribution in [0.3, 0.4) is 0 Å². The van der Waals surface area contributed by atoms with E-state index >= 15 is 0 Å². The Morgan fingerprint density at radius 3 is 2.68 bits per heavy atom. The fraction of sp³-hybridized carbons (Fsp3) is 0.600. The predicted octanol–water partition coefficient (Wildman–Crippen LogP) is 3.92. The fourth-order valence-electron chi connectivity index (χ4n) is 2.10. The Hall–Kier alpha value is -0.450. The third-order valence-corrected chi connectivity index (χ3v) is 3.56. The second-order valence-electron chi connectivity index (χ2n) is 4.91. The van der Waals surface area contributed by atoms with Gasteiger partial charge >= 0.3 is 0 Å². The molecule has 0 fully saturated rings. The van der Waals surface area contributed by atoms with E-state index in [4.69, 9.17) is 4.74 Å². The summed E-state index contributed by atoms with van der Waals surface area (Å²) in [5.74, 6) is -0.196. The summed E-state index contributed by atoms with van der Waals surface area (Å²) in [6, 6.07) is 5.36. The highest BCUT2D eigenvalue weighted by Crippen LogP contribution is 2.17. The van der Waals surface area contributed by atoms with Crippen LogP contribution in [0.1, 0.15) is 32.3 Å². The molecule has 108 valence electrons. The van der Waals surface area contributed by atoms with Crippen molar-refractivity contribution >= 4 is 15.9 Å². The molecule has 2 unspecified atom stereocenters. The Labute approximate surface area is 123 Å². The maximum Gasteiger partial charge on any atom is 0.124 e. The van der Waals surface area contributed by atoms with Crippen LogP contribution in [-0.2, 0) is 11.2 Å². The van der Waals surface area contributed by atoms with Gasteiger partial charge in [-0.05, 0) is 56.5 Å². The van der Waals surface area contributed by atoms with Crippen LogP contribution in [0, 0.1) is 5.82 Å². The molecule has 1 N–H and O–H groups in total. The van der Waals surface area contributed by atoms with E-state index in [2.05, 4.69) is 35.1 Å². The van der Waals surface area contributed by atoms with Crippen LogP contribution in [0.25, 0.3) is 0 Å². The molecule has 0 saturated carbocycles. The Bertz CT molecular complexity index is 366. The first-order chi connectivity index (χ1) is 9.05. The molecule has 0 amide bonds. The van der Waals surface area contributed by atoms with Gasteiger partial charge in [0.15, 0.2) is 0 Å². The molecule has 1 aromatic rings. The molecular formula is C15H23BrFNO. The summed E-state index contributed by atoms with van der Waals surface area (Å²) in [5.41, 5.74) is 1.00. The maximum atomic E-state index is 13.4. The number of benzene rings is 1. The number of ether oxygens (including phenoxy) is 1. The quantitative estimate of drug-likeness (QED) is 0.779. The van der Waals surface area contributed by atoms with Crippen LogP contribution >= 0.6 is 15.9 Å². The van der Waals surface area contributed by atoms with Crippen molar-refractivity contribution in [3.05, 3.63) is 34.1 Å². The summed E-state index contributed by atoms with van der Waals surface area (Å²) in [7, 11) is 1.72. The molecule has 1 rings (SSSR count). The second kappa shape index (κ2) is 8.67. The van der Waals surface area contributed by atoms with E-state index in [1.807, 2.05) is 6.07 Å². The molecule has 0 saturated heterocycles. The van der Waals surface area contributed by atoms with Gasteiger partial charge in [-0.25, -0.2) is 4.39 Å². The van der Waals surface area contributed by atoms with E-state index in [1.54, 1.807) is 13.2 Å². The van der Waals surface area contributed by atoms with Crippen molar-refractivity contribution in [2.75, 3.05) is 13.7 Å². The molecule has 0 aromatic heterocycles. The van der Waals surface area contributed by atoms with Crippen molar-refractivity contribution in [3.63, 3.8) is 0 Å². The third-order valence-electron chi connectivity index (χ3n) is 3.11. The van der Waals surface area contributed by atoms with E-state index in [1.165, 1.54) is 6.07 Å². The lowest BCUT2D eigenvalue weighted by molar-refractivity contribution is 0.100. The molecule has 2 atom stereocenters. The normalized spacial score (nSPS) is 14.4. The summed E-state index contributed by atoms with van der Waals surface area (Å²) < 4.78 is 19.5. The summed E-state index contributed by atoms with van der Waals surface area (Å²) in [5, 5.41) is 3.50. The molecular weight excluding hydrogens is 309 g/mol.